The van der Waals surface area contributed by atoms with Gasteiger partial charge in [-0.15, -0.1) is 0 Å². The van der Waals surface area contributed by atoms with Gasteiger partial charge in [0.1, 0.15) is 17.4 Å². The highest BCUT2D eigenvalue weighted by Gasteiger charge is 2.38. The zero-order valence-corrected chi connectivity index (χ0v) is 20.8. The Hall–Kier alpha value is -3.90. The van der Waals surface area contributed by atoms with Crippen LogP contribution in [0.4, 0.5) is 29.2 Å². The fourth-order valence-corrected chi connectivity index (χ4v) is 3.86. The van der Waals surface area contributed by atoms with Gasteiger partial charge in [-0.1, -0.05) is 0 Å². The molecule has 0 unspecified atom stereocenters. The largest absolute Gasteiger partial charge is 0.497 e. The van der Waals surface area contributed by atoms with Crippen LogP contribution in [0.1, 0.15) is 31.4 Å². The van der Waals surface area contributed by atoms with E-state index in [2.05, 4.69) is 15.2 Å². The number of carboxylic acid groups (broad SMARTS) is 1. The number of aryl methyl sites for hydroxylation is 1. The second-order valence-corrected chi connectivity index (χ2v) is 9.03. The van der Waals surface area contributed by atoms with Crippen molar-refractivity contribution in [3.63, 3.8) is 0 Å². The summed E-state index contributed by atoms with van der Waals surface area (Å²) < 4.78 is 57.0. The highest BCUT2D eigenvalue weighted by atomic mass is 19.4. The monoisotopic (exact) mass is 537 g/mol. The number of halogens is 4. The molecule has 2 N–H and O–H groups in total. The standard InChI is InChI=1S/C23H26FN5O2.C2HF3O2/c1-14-11-19-20(13-25-14)28-23(22(27-19)26-15-3-4-15)29-9-7-16(8-10-29)31-21-6-5-17(30-2)12-18(21)24;3-2(4,5)1(6)7/h5-6,11-13,15-16H,3-4,7-10H2,1-2H3,(H,26,27);(H,6,7). The van der Waals surface area contributed by atoms with Gasteiger partial charge in [0.05, 0.1) is 18.8 Å². The number of aliphatic carboxylic acids is 1. The normalized spacial score (nSPS) is 16.0. The van der Waals surface area contributed by atoms with Crippen LogP contribution in [-0.2, 0) is 4.79 Å². The summed E-state index contributed by atoms with van der Waals surface area (Å²) in [5.74, 6) is -0.717. The molecule has 38 heavy (non-hydrogen) atoms. The van der Waals surface area contributed by atoms with E-state index in [1.54, 1.807) is 18.3 Å². The van der Waals surface area contributed by atoms with Crippen LogP contribution in [0.15, 0.2) is 30.5 Å². The predicted octanol–water partition coefficient (Wildman–Crippen LogP) is 4.74. The van der Waals surface area contributed by atoms with Gasteiger partial charge in [0.15, 0.2) is 23.2 Å². The molecule has 3 heterocycles. The van der Waals surface area contributed by atoms with Crippen molar-refractivity contribution < 1.29 is 36.9 Å². The number of nitrogens with one attached hydrogen (secondary N) is 1. The number of rotatable bonds is 6. The Labute approximate surface area is 215 Å². The summed E-state index contributed by atoms with van der Waals surface area (Å²) in [6.07, 6.45) is 0.539. The van der Waals surface area contributed by atoms with Crippen molar-refractivity contribution in [3.8, 4) is 11.5 Å². The lowest BCUT2D eigenvalue weighted by atomic mass is 10.1. The number of carbonyl (C=O) groups is 1. The minimum absolute atomic E-state index is 0.0447. The van der Waals surface area contributed by atoms with Crippen molar-refractivity contribution in [2.75, 3.05) is 30.4 Å². The van der Waals surface area contributed by atoms with Gasteiger partial charge in [0.2, 0.25) is 0 Å². The van der Waals surface area contributed by atoms with Crippen LogP contribution < -0.4 is 19.7 Å². The van der Waals surface area contributed by atoms with Crippen LogP contribution in [0.5, 0.6) is 11.5 Å². The average Bonchev–Trinajstić information content (AvgIpc) is 3.69. The molecule has 0 spiro atoms. The van der Waals surface area contributed by atoms with E-state index in [4.69, 9.17) is 29.3 Å². The van der Waals surface area contributed by atoms with Crippen LogP contribution in [-0.4, -0.2) is 64.5 Å². The number of hydrogen-bond donors (Lipinski definition) is 2. The number of hydrogen-bond acceptors (Lipinski definition) is 8. The molecule has 1 saturated heterocycles. The van der Waals surface area contributed by atoms with Gasteiger partial charge in [-0.3, -0.25) is 4.98 Å². The van der Waals surface area contributed by atoms with Crippen molar-refractivity contribution in [1.29, 1.82) is 0 Å². The van der Waals surface area contributed by atoms with E-state index < -0.39 is 18.0 Å². The van der Waals surface area contributed by atoms with Gasteiger partial charge < -0.3 is 24.8 Å². The zero-order valence-electron chi connectivity index (χ0n) is 20.8. The van der Waals surface area contributed by atoms with Crippen molar-refractivity contribution in [3.05, 3.63) is 42.0 Å². The number of fused-ring (bicyclic) bond motifs is 1. The number of aromatic nitrogens is 3. The summed E-state index contributed by atoms with van der Waals surface area (Å²) in [6.45, 7) is 3.49. The SMILES string of the molecule is COc1ccc(OC2CCN(c3nc4cnc(C)cc4nc3NC3CC3)CC2)c(F)c1.O=C(O)C(F)(F)F. The number of pyridine rings is 1. The maximum absolute atomic E-state index is 14.2. The molecule has 2 fully saturated rings. The summed E-state index contributed by atoms with van der Waals surface area (Å²) in [5.41, 5.74) is 2.57. The van der Waals surface area contributed by atoms with Crippen LogP contribution in [0, 0.1) is 12.7 Å². The molecule has 0 bridgehead atoms. The number of nitrogens with zero attached hydrogens (tertiary/aromatic N) is 4. The number of piperidine rings is 1. The molecule has 1 aliphatic carbocycles. The lowest BCUT2D eigenvalue weighted by Crippen LogP contribution is -2.39. The number of benzene rings is 1. The minimum atomic E-state index is -5.08. The second-order valence-electron chi connectivity index (χ2n) is 9.03. The molecule has 9 nitrogen and oxygen atoms in total. The number of carboxylic acids is 1. The second kappa shape index (κ2) is 11.2. The molecule has 5 rings (SSSR count). The summed E-state index contributed by atoms with van der Waals surface area (Å²) in [6, 6.07) is 7.13. The first-order valence-corrected chi connectivity index (χ1v) is 12.0. The molecule has 1 saturated carbocycles. The molecule has 0 amide bonds. The Morgan fingerprint density at radius 3 is 2.37 bits per heavy atom. The highest BCUT2D eigenvalue weighted by Crippen LogP contribution is 2.33. The minimum Gasteiger partial charge on any atom is -0.497 e. The molecule has 13 heteroatoms. The molecular formula is C25H27F4N5O4. The third-order valence-corrected chi connectivity index (χ3v) is 6.00. The van der Waals surface area contributed by atoms with Gasteiger partial charge >= 0.3 is 12.1 Å². The predicted molar refractivity (Wildman–Crippen MR) is 131 cm³/mol. The van der Waals surface area contributed by atoms with Crippen LogP contribution in [0.3, 0.4) is 0 Å². The van der Waals surface area contributed by atoms with E-state index in [1.165, 1.54) is 13.2 Å². The maximum atomic E-state index is 14.2. The molecule has 0 radical (unpaired) electrons. The Bertz CT molecular complexity index is 1290. The van der Waals surface area contributed by atoms with Crippen LogP contribution >= 0.6 is 0 Å². The van der Waals surface area contributed by atoms with Gasteiger partial charge in [-0.25, -0.2) is 19.2 Å². The number of alkyl halides is 3. The molecular weight excluding hydrogens is 510 g/mol. The third kappa shape index (κ3) is 6.90. The fraction of sp³-hybridized carbons (Fsp3) is 0.440. The first-order chi connectivity index (χ1) is 18.0. The Morgan fingerprint density at radius 1 is 1.11 bits per heavy atom. The number of anilines is 2. The first-order valence-electron chi connectivity index (χ1n) is 12.0. The summed E-state index contributed by atoms with van der Waals surface area (Å²) in [4.78, 5) is 25.2. The van der Waals surface area contributed by atoms with Gasteiger partial charge in [0.25, 0.3) is 0 Å². The average molecular weight is 538 g/mol. The summed E-state index contributed by atoms with van der Waals surface area (Å²) in [7, 11) is 1.52. The molecule has 3 aromatic rings. The number of methoxy groups -OCH3 is 1. The Morgan fingerprint density at radius 2 is 1.79 bits per heavy atom. The molecule has 1 aromatic carbocycles. The highest BCUT2D eigenvalue weighted by molar-refractivity contribution is 5.80. The van der Waals surface area contributed by atoms with Crippen molar-refractivity contribution in [2.24, 2.45) is 0 Å². The zero-order chi connectivity index (χ0) is 27.4. The van der Waals surface area contributed by atoms with E-state index >= 15 is 0 Å². The lowest BCUT2D eigenvalue weighted by Gasteiger charge is -2.33. The molecule has 204 valence electrons. The van der Waals surface area contributed by atoms with Crippen molar-refractivity contribution in [1.82, 2.24) is 15.0 Å². The molecule has 0 atom stereocenters. The summed E-state index contributed by atoms with van der Waals surface area (Å²) in [5, 5.41) is 10.7. The quantitative estimate of drug-likeness (QED) is 0.431. The lowest BCUT2D eigenvalue weighted by molar-refractivity contribution is -0.192. The van der Waals surface area contributed by atoms with Crippen molar-refractivity contribution in [2.45, 2.75) is 50.9 Å². The third-order valence-electron chi connectivity index (χ3n) is 6.00. The van der Waals surface area contributed by atoms with E-state index in [9.17, 15) is 17.6 Å². The fourth-order valence-electron chi connectivity index (χ4n) is 3.86. The van der Waals surface area contributed by atoms with Crippen molar-refractivity contribution >= 4 is 28.6 Å². The van der Waals surface area contributed by atoms with E-state index in [0.717, 1.165) is 67.1 Å². The van der Waals surface area contributed by atoms with E-state index in [0.29, 0.717) is 11.8 Å². The van der Waals surface area contributed by atoms with E-state index in [1.807, 2.05) is 13.0 Å². The van der Waals surface area contributed by atoms with Gasteiger partial charge in [0, 0.05) is 43.7 Å². The summed E-state index contributed by atoms with van der Waals surface area (Å²) >= 11 is 0. The molecule has 1 aliphatic heterocycles. The topological polar surface area (TPSA) is 110 Å². The van der Waals surface area contributed by atoms with Gasteiger partial charge in [-0.2, -0.15) is 13.2 Å². The first kappa shape index (κ1) is 27.1. The number of ether oxygens (including phenoxy) is 2. The maximum Gasteiger partial charge on any atom is 0.490 e. The Kier molecular flexibility index (Phi) is 8.02. The molecule has 2 aromatic heterocycles. The Balaban J connectivity index is 0.000000426. The van der Waals surface area contributed by atoms with Crippen LogP contribution in [0.2, 0.25) is 0 Å². The van der Waals surface area contributed by atoms with Crippen LogP contribution in [0.25, 0.3) is 11.0 Å². The van der Waals surface area contributed by atoms with E-state index in [-0.39, 0.29) is 11.9 Å². The smallest absolute Gasteiger partial charge is 0.490 e. The molecule has 2 aliphatic rings. The van der Waals surface area contributed by atoms with Gasteiger partial charge in [-0.05, 0) is 38.0 Å².